The fraction of sp³-hybridized carbons (Fsp3) is 0.904. The average molecular weight is 883 g/mol. The summed E-state index contributed by atoms with van der Waals surface area (Å²) >= 11 is 0. The van der Waals surface area contributed by atoms with Crippen LogP contribution in [0.25, 0.3) is 0 Å². The van der Waals surface area contributed by atoms with Crippen molar-refractivity contribution in [2.75, 3.05) is 40.9 Å². The predicted molar refractivity (Wildman–Crippen MR) is 261 cm³/mol. The Morgan fingerprint density at radius 3 is 1.33 bits per heavy atom. The Balaban J connectivity index is 4.08. The molecule has 0 aromatic rings. The van der Waals surface area contributed by atoms with E-state index in [0.29, 0.717) is 17.4 Å². The van der Waals surface area contributed by atoms with E-state index < -0.39 is 20.0 Å². The maximum Gasteiger partial charge on any atom is 0.268 e. The van der Waals surface area contributed by atoms with Crippen LogP contribution in [0.5, 0.6) is 0 Å². The molecular formula is C52H103N2O6P. The predicted octanol–water partition coefficient (Wildman–Crippen LogP) is 14.6. The SMILES string of the molecule is CCCCCCCCCCCCCCCCCCCCCCCCCC/C=C/CC/C=C/C(O)C(COP(=O)([O-])OCC[N+](C)(C)C)NC(=O)CCCCCCCCCCC. The highest BCUT2D eigenvalue weighted by molar-refractivity contribution is 7.45. The van der Waals surface area contributed by atoms with Gasteiger partial charge >= 0.3 is 0 Å². The number of carbonyl (C=O) groups excluding carboxylic acids is 1. The van der Waals surface area contributed by atoms with Crippen molar-refractivity contribution in [1.82, 2.24) is 5.32 Å². The molecule has 0 rings (SSSR count). The number of nitrogens with zero attached hydrogens (tertiary/aromatic N) is 1. The van der Waals surface area contributed by atoms with E-state index in [1.165, 1.54) is 193 Å². The van der Waals surface area contributed by atoms with Crippen molar-refractivity contribution in [3.8, 4) is 0 Å². The normalized spacial score (nSPS) is 14.3. The Bertz CT molecular complexity index is 1050. The molecule has 3 unspecified atom stereocenters. The van der Waals surface area contributed by atoms with Crippen molar-refractivity contribution >= 4 is 13.7 Å². The summed E-state index contributed by atoms with van der Waals surface area (Å²) in [5, 5.41) is 13.8. The second kappa shape index (κ2) is 44.2. The van der Waals surface area contributed by atoms with Crippen LogP contribution in [0.3, 0.4) is 0 Å². The highest BCUT2D eigenvalue weighted by atomic mass is 31.2. The van der Waals surface area contributed by atoms with Gasteiger partial charge in [-0.2, -0.15) is 0 Å². The molecule has 0 saturated carbocycles. The molecule has 0 radical (unpaired) electrons. The average Bonchev–Trinajstić information content (AvgIpc) is 3.21. The van der Waals surface area contributed by atoms with Crippen LogP contribution in [0.1, 0.15) is 251 Å². The molecule has 0 aromatic carbocycles. The van der Waals surface area contributed by atoms with E-state index in [4.69, 9.17) is 9.05 Å². The number of unbranched alkanes of at least 4 members (excludes halogenated alkanes) is 33. The second-order valence-corrected chi connectivity index (χ2v) is 20.6. The summed E-state index contributed by atoms with van der Waals surface area (Å²) in [7, 11) is 1.25. The van der Waals surface area contributed by atoms with Gasteiger partial charge in [0.15, 0.2) is 0 Å². The molecule has 8 nitrogen and oxygen atoms in total. The van der Waals surface area contributed by atoms with Gasteiger partial charge in [-0.3, -0.25) is 9.36 Å². The monoisotopic (exact) mass is 883 g/mol. The molecule has 0 aliphatic carbocycles. The van der Waals surface area contributed by atoms with Crippen molar-refractivity contribution in [2.45, 2.75) is 264 Å². The third-order valence-corrected chi connectivity index (χ3v) is 12.9. The molecular weight excluding hydrogens is 780 g/mol. The zero-order chi connectivity index (χ0) is 45.0. The molecule has 9 heteroatoms. The van der Waals surface area contributed by atoms with Gasteiger partial charge in [0.1, 0.15) is 13.2 Å². The lowest BCUT2D eigenvalue weighted by Gasteiger charge is -2.29. The summed E-state index contributed by atoms with van der Waals surface area (Å²) in [5.74, 6) is -0.209. The van der Waals surface area contributed by atoms with Gasteiger partial charge < -0.3 is 28.8 Å². The summed E-state index contributed by atoms with van der Waals surface area (Å²) in [5.41, 5.74) is 0. The number of amides is 1. The van der Waals surface area contributed by atoms with E-state index in [9.17, 15) is 19.4 Å². The van der Waals surface area contributed by atoms with Gasteiger partial charge in [-0.1, -0.05) is 237 Å². The Kier molecular flexibility index (Phi) is 43.5. The standard InChI is InChI=1S/C52H103N2O6P/c1-6-8-10-12-14-16-17-18-19-20-21-22-23-24-25-26-27-28-29-30-31-32-33-34-35-36-38-39-41-43-45-51(55)50(49-60-61(57,58)59-48-47-54(3,4)5)53-52(56)46-44-42-40-37-15-13-11-9-7-2/h36,38,43,45,50-51,55H,6-35,37,39-42,44,46-49H2,1-5H3,(H-,53,56,57,58)/b38-36+,45-43+. The quantitative estimate of drug-likeness (QED) is 0.0273. The maximum absolute atomic E-state index is 12.8. The summed E-state index contributed by atoms with van der Waals surface area (Å²) in [6.07, 6.45) is 54.2. The molecule has 61 heavy (non-hydrogen) atoms. The van der Waals surface area contributed by atoms with E-state index in [2.05, 4.69) is 31.3 Å². The molecule has 0 heterocycles. The summed E-state index contributed by atoms with van der Waals surface area (Å²) in [4.78, 5) is 25.2. The first-order valence-electron chi connectivity index (χ1n) is 26.2. The van der Waals surface area contributed by atoms with Crippen LogP contribution >= 0.6 is 7.82 Å². The van der Waals surface area contributed by atoms with Crippen molar-refractivity contribution in [3.05, 3.63) is 24.3 Å². The molecule has 1 amide bonds. The minimum atomic E-state index is -4.59. The Morgan fingerprint density at radius 2 is 0.918 bits per heavy atom. The number of nitrogens with one attached hydrogen (secondary N) is 1. The first-order valence-corrected chi connectivity index (χ1v) is 27.7. The van der Waals surface area contributed by atoms with Gasteiger partial charge in [-0.25, -0.2) is 0 Å². The van der Waals surface area contributed by atoms with Crippen molar-refractivity contribution in [1.29, 1.82) is 0 Å². The topological polar surface area (TPSA) is 108 Å². The van der Waals surface area contributed by atoms with Crippen LogP contribution in [0.2, 0.25) is 0 Å². The number of phosphoric ester groups is 1. The lowest BCUT2D eigenvalue weighted by atomic mass is 10.0. The van der Waals surface area contributed by atoms with E-state index in [1.54, 1.807) is 6.08 Å². The van der Waals surface area contributed by atoms with Gasteiger partial charge in [0, 0.05) is 6.42 Å². The zero-order valence-corrected chi connectivity index (χ0v) is 42.0. The van der Waals surface area contributed by atoms with Gasteiger partial charge in [-0.05, 0) is 32.1 Å². The Morgan fingerprint density at radius 1 is 0.557 bits per heavy atom. The zero-order valence-electron chi connectivity index (χ0n) is 41.1. The molecule has 0 fully saturated rings. The number of aliphatic hydroxyl groups is 1. The van der Waals surface area contributed by atoms with Crippen LogP contribution in [0.4, 0.5) is 0 Å². The molecule has 0 aliphatic heterocycles. The lowest BCUT2D eigenvalue weighted by Crippen LogP contribution is -2.45. The van der Waals surface area contributed by atoms with Gasteiger partial charge in [0.05, 0.1) is 39.9 Å². The minimum Gasteiger partial charge on any atom is -0.756 e. The van der Waals surface area contributed by atoms with Crippen LogP contribution < -0.4 is 10.2 Å². The number of likely N-dealkylation sites (N-methyl/N-ethyl adjacent to an activating group) is 1. The molecule has 0 bridgehead atoms. The van der Waals surface area contributed by atoms with Crippen LogP contribution in [0.15, 0.2) is 24.3 Å². The van der Waals surface area contributed by atoms with Crippen molar-refractivity contribution in [2.24, 2.45) is 0 Å². The number of hydrogen-bond donors (Lipinski definition) is 2. The second-order valence-electron chi connectivity index (χ2n) is 19.2. The number of hydrogen-bond acceptors (Lipinski definition) is 6. The molecule has 362 valence electrons. The Hall–Kier alpha value is -1.02. The number of quaternary nitrogens is 1. The molecule has 0 aliphatic rings. The molecule has 0 aromatic heterocycles. The van der Waals surface area contributed by atoms with Crippen LogP contribution in [-0.2, 0) is 18.4 Å². The summed E-state index contributed by atoms with van der Waals surface area (Å²) < 4.78 is 23.2. The van der Waals surface area contributed by atoms with Gasteiger partial charge in [0.2, 0.25) is 5.91 Å². The highest BCUT2D eigenvalue weighted by Crippen LogP contribution is 2.38. The smallest absolute Gasteiger partial charge is 0.268 e. The third kappa shape index (κ3) is 46.8. The number of rotatable bonds is 48. The molecule has 2 N–H and O–H groups in total. The van der Waals surface area contributed by atoms with Gasteiger partial charge in [0.25, 0.3) is 7.82 Å². The van der Waals surface area contributed by atoms with Gasteiger partial charge in [-0.15, -0.1) is 0 Å². The largest absolute Gasteiger partial charge is 0.756 e. The van der Waals surface area contributed by atoms with Crippen LogP contribution in [0, 0.1) is 0 Å². The summed E-state index contributed by atoms with van der Waals surface area (Å²) in [6.45, 7) is 4.62. The fourth-order valence-electron chi connectivity index (χ4n) is 7.76. The minimum absolute atomic E-state index is 0.00441. The highest BCUT2D eigenvalue weighted by Gasteiger charge is 2.23. The number of phosphoric acid groups is 1. The number of allylic oxidation sites excluding steroid dienone is 3. The van der Waals surface area contributed by atoms with Crippen LogP contribution in [-0.4, -0.2) is 68.5 Å². The number of aliphatic hydroxyl groups excluding tert-OH is 1. The molecule has 0 spiro atoms. The first kappa shape index (κ1) is 60.0. The van der Waals surface area contributed by atoms with Crippen molar-refractivity contribution < 1.29 is 32.9 Å². The maximum atomic E-state index is 12.8. The first-order chi connectivity index (χ1) is 29.5. The molecule has 3 atom stereocenters. The lowest BCUT2D eigenvalue weighted by molar-refractivity contribution is -0.870. The fourth-order valence-corrected chi connectivity index (χ4v) is 8.48. The Labute approximate surface area is 379 Å². The molecule has 0 saturated heterocycles. The van der Waals surface area contributed by atoms with E-state index in [1.807, 2.05) is 27.2 Å². The summed E-state index contributed by atoms with van der Waals surface area (Å²) in [6, 6.07) is -0.897. The van der Waals surface area contributed by atoms with E-state index >= 15 is 0 Å². The third-order valence-electron chi connectivity index (χ3n) is 11.9. The number of carbonyl (C=O) groups is 1. The van der Waals surface area contributed by atoms with E-state index in [-0.39, 0.29) is 19.1 Å². The van der Waals surface area contributed by atoms with E-state index in [0.717, 1.165) is 38.5 Å². The van der Waals surface area contributed by atoms with Crippen molar-refractivity contribution in [3.63, 3.8) is 0 Å².